The fraction of sp³-hybridized carbons (Fsp3) is 0.929. The molecule has 0 atom stereocenters. The van der Waals surface area contributed by atoms with Crippen LogP contribution in [0.5, 0.6) is 0 Å². The maximum atomic E-state index is 8.64. The Morgan fingerprint density at radius 1 is 1.42 bits per heavy atom. The first-order valence-corrected chi connectivity index (χ1v) is 7.57. The summed E-state index contributed by atoms with van der Waals surface area (Å²) in [7, 11) is 0. The molecule has 1 saturated carbocycles. The predicted octanol–water partition coefficient (Wildman–Crippen LogP) is 1.22. The maximum Gasteiger partial charge on any atom is 0.139 e. The van der Waals surface area contributed by atoms with Crippen LogP contribution in [0, 0.1) is 11.3 Å². The summed E-state index contributed by atoms with van der Waals surface area (Å²) in [5, 5.41) is 15.3. The average Bonchev–Trinajstić information content (AvgIpc) is 3.19. The zero-order valence-electron chi connectivity index (χ0n) is 12.1. The van der Waals surface area contributed by atoms with E-state index in [1.54, 1.807) is 0 Å². The van der Waals surface area contributed by atoms with Crippen molar-refractivity contribution in [3.8, 4) is 0 Å². The molecule has 5 heteroatoms. The minimum absolute atomic E-state index is 0.278. The largest absolute Gasteiger partial charge is 0.409 e. The van der Waals surface area contributed by atoms with E-state index < -0.39 is 0 Å². The average molecular weight is 268 g/mol. The highest BCUT2D eigenvalue weighted by molar-refractivity contribution is 5.80. The Labute approximate surface area is 116 Å². The van der Waals surface area contributed by atoms with Gasteiger partial charge in [0.15, 0.2) is 0 Å². The third-order valence-electron chi connectivity index (χ3n) is 4.73. The van der Waals surface area contributed by atoms with Gasteiger partial charge in [-0.15, -0.1) is 0 Å². The molecule has 0 bridgehead atoms. The molecule has 0 amide bonds. The molecule has 0 aromatic rings. The lowest BCUT2D eigenvalue weighted by Gasteiger charge is -2.31. The summed E-state index contributed by atoms with van der Waals surface area (Å²) in [6.07, 6.45) is 5.75. The van der Waals surface area contributed by atoms with Crippen molar-refractivity contribution < 1.29 is 5.21 Å². The molecular formula is C14H28N4O. The van der Waals surface area contributed by atoms with Crippen molar-refractivity contribution in [3.05, 3.63) is 0 Å². The van der Waals surface area contributed by atoms with Crippen LogP contribution in [0.25, 0.3) is 0 Å². The van der Waals surface area contributed by atoms with E-state index in [-0.39, 0.29) is 5.41 Å². The van der Waals surface area contributed by atoms with E-state index in [2.05, 4.69) is 22.3 Å². The minimum atomic E-state index is 0.278. The molecule has 5 nitrogen and oxygen atoms in total. The summed E-state index contributed by atoms with van der Waals surface area (Å²) in [4.78, 5) is 2.53. The summed E-state index contributed by atoms with van der Waals surface area (Å²) in [5.74, 6) is 1.19. The molecule has 1 aliphatic carbocycles. The van der Waals surface area contributed by atoms with E-state index >= 15 is 0 Å². The lowest BCUT2D eigenvalue weighted by Crippen LogP contribution is -2.38. The molecule has 4 N–H and O–H groups in total. The first-order valence-electron chi connectivity index (χ1n) is 7.57. The third kappa shape index (κ3) is 4.35. The molecule has 2 aliphatic rings. The molecule has 0 aromatic carbocycles. The summed E-state index contributed by atoms with van der Waals surface area (Å²) in [6, 6.07) is 0. The number of piperidine rings is 1. The van der Waals surface area contributed by atoms with Crippen molar-refractivity contribution in [2.24, 2.45) is 22.2 Å². The SMILES string of the molecule is CCN1CCC(CNCC2(CC(N)=NO)CC2)CC1. The molecule has 2 fully saturated rings. The van der Waals surface area contributed by atoms with E-state index in [0.29, 0.717) is 5.84 Å². The molecule has 0 unspecified atom stereocenters. The Kier molecular flexibility index (Phi) is 5.05. The quantitative estimate of drug-likeness (QED) is 0.281. The standard InChI is InChI=1S/C14H28N4O/c1-2-18-7-3-12(4-8-18)10-16-11-14(5-6-14)9-13(15)17-19/h12,16,19H,2-11H2,1H3,(H2,15,17). The number of nitrogens with one attached hydrogen (secondary N) is 1. The van der Waals surface area contributed by atoms with Gasteiger partial charge < -0.3 is 21.2 Å². The smallest absolute Gasteiger partial charge is 0.139 e. The third-order valence-corrected chi connectivity index (χ3v) is 4.73. The van der Waals surface area contributed by atoms with Crippen molar-refractivity contribution in [2.45, 2.75) is 39.0 Å². The van der Waals surface area contributed by atoms with Gasteiger partial charge in [-0.05, 0) is 63.2 Å². The Hall–Kier alpha value is -0.810. The van der Waals surface area contributed by atoms with Crippen LogP contribution in [0.1, 0.15) is 39.0 Å². The Morgan fingerprint density at radius 3 is 2.63 bits per heavy atom. The fourth-order valence-corrected chi connectivity index (χ4v) is 3.06. The lowest BCUT2D eigenvalue weighted by atomic mass is 9.96. The van der Waals surface area contributed by atoms with E-state index in [4.69, 9.17) is 10.9 Å². The number of likely N-dealkylation sites (tertiary alicyclic amines) is 1. The topological polar surface area (TPSA) is 73.9 Å². The fourth-order valence-electron chi connectivity index (χ4n) is 3.06. The van der Waals surface area contributed by atoms with Crippen molar-refractivity contribution in [1.82, 2.24) is 10.2 Å². The Balaban J connectivity index is 1.62. The molecule has 0 aromatic heterocycles. The normalized spacial score (nSPS) is 24.6. The van der Waals surface area contributed by atoms with Crippen molar-refractivity contribution in [1.29, 1.82) is 0 Å². The first kappa shape index (κ1) is 14.6. The zero-order chi connectivity index (χ0) is 13.7. The number of hydrogen-bond acceptors (Lipinski definition) is 4. The number of oxime groups is 1. The van der Waals surface area contributed by atoms with Gasteiger partial charge in [0.05, 0.1) is 0 Å². The Bertz CT molecular complexity index is 307. The molecule has 19 heavy (non-hydrogen) atoms. The summed E-state index contributed by atoms with van der Waals surface area (Å²) in [6.45, 7) is 8.05. The Morgan fingerprint density at radius 2 is 2.11 bits per heavy atom. The highest BCUT2D eigenvalue weighted by Gasteiger charge is 2.42. The van der Waals surface area contributed by atoms with Gasteiger partial charge >= 0.3 is 0 Å². The van der Waals surface area contributed by atoms with Crippen molar-refractivity contribution >= 4 is 5.84 Å². The van der Waals surface area contributed by atoms with Crippen molar-refractivity contribution in [3.63, 3.8) is 0 Å². The summed E-state index contributed by atoms with van der Waals surface area (Å²) >= 11 is 0. The zero-order valence-corrected chi connectivity index (χ0v) is 12.1. The van der Waals surface area contributed by atoms with E-state index in [9.17, 15) is 0 Å². The number of amidine groups is 1. The molecule has 2 rings (SSSR count). The second kappa shape index (κ2) is 6.57. The summed E-state index contributed by atoms with van der Waals surface area (Å²) in [5.41, 5.74) is 5.89. The molecule has 0 radical (unpaired) electrons. The van der Waals surface area contributed by atoms with Crippen LogP contribution in [-0.2, 0) is 0 Å². The number of nitrogens with zero attached hydrogens (tertiary/aromatic N) is 2. The van der Waals surface area contributed by atoms with Crippen LogP contribution in [0.3, 0.4) is 0 Å². The lowest BCUT2D eigenvalue weighted by molar-refractivity contribution is 0.188. The molecule has 1 saturated heterocycles. The van der Waals surface area contributed by atoms with Gasteiger partial charge in [-0.1, -0.05) is 12.1 Å². The second-order valence-corrected chi connectivity index (χ2v) is 6.28. The second-order valence-electron chi connectivity index (χ2n) is 6.28. The van der Waals surface area contributed by atoms with Gasteiger partial charge in [0.2, 0.25) is 0 Å². The highest BCUT2D eigenvalue weighted by atomic mass is 16.4. The molecular weight excluding hydrogens is 240 g/mol. The van der Waals surface area contributed by atoms with Crippen LogP contribution < -0.4 is 11.1 Å². The monoisotopic (exact) mass is 268 g/mol. The van der Waals surface area contributed by atoms with Crippen LogP contribution in [0.15, 0.2) is 5.16 Å². The van der Waals surface area contributed by atoms with Crippen LogP contribution in [-0.4, -0.2) is 48.7 Å². The first-order chi connectivity index (χ1) is 9.17. The van der Waals surface area contributed by atoms with E-state index in [1.165, 1.54) is 45.3 Å². The van der Waals surface area contributed by atoms with Crippen molar-refractivity contribution in [2.75, 3.05) is 32.7 Å². The number of nitrogens with two attached hydrogens (primary N) is 1. The molecule has 1 aliphatic heterocycles. The van der Waals surface area contributed by atoms with Gasteiger partial charge in [-0.2, -0.15) is 0 Å². The highest BCUT2D eigenvalue weighted by Crippen LogP contribution is 2.48. The van der Waals surface area contributed by atoms with Gasteiger partial charge in [-0.25, -0.2) is 0 Å². The van der Waals surface area contributed by atoms with Gasteiger partial charge in [0.25, 0.3) is 0 Å². The molecule has 0 spiro atoms. The van der Waals surface area contributed by atoms with Gasteiger partial charge in [0, 0.05) is 13.0 Å². The van der Waals surface area contributed by atoms with Crippen LogP contribution in [0.2, 0.25) is 0 Å². The summed E-state index contributed by atoms with van der Waals surface area (Å²) < 4.78 is 0. The molecule has 1 heterocycles. The molecule has 110 valence electrons. The van der Waals surface area contributed by atoms with E-state index in [1.807, 2.05) is 0 Å². The predicted molar refractivity (Wildman–Crippen MR) is 77.4 cm³/mol. The van der Waals surface area contributed by atoms with E-state index in [0.717, 1.165) is 25.4 Å². The van der Waals surface area contributed by atoms with Gasteiger partial charge in [-0.3, -0.25) is 0 Å². The number of hydrogen-bond donors (Lipinski definition) is 3. The number of rotatable bonds is 7. The minimum Gasteiger partial charge on any atom is -0.409 e. The van der Waals surface area contributed by atoms with Crippen LogP contribution in [0.4, 0.5) is 0 Å². The maximum absolute atomic E-state index is 8.64. The van der Waals surface area contributed by atoms with Crippen LogP contribution >= 0.6 is 0 Å². The van der Waals surface area contributed by atoms with Gasteiger partial charge in [0.1, 0.15) is 5.84 Å².